The SMILES string of the molecule is OC1ONc2ccccc21. The number of rotatable bonds is 0. The second-order valence-electron chi connectivity index (χ2n) is 2.16. The maximum Gasteiger partial charge on any atom is 0.209 e. The van der Waals surface area contributed by atoms with E-state index >= 15 is 0 Å². The molecule has 1 unspecified atom stereocenters. The van der Waals surface area contributed by atoms with Crippen LogP contribution in [0.4, 0.5) is 5.69 Å². The van der Waals surface area contributed by atoms with Crippen LogP contribution in [0.1, 0.15) is 11.9 Å². The highest BCUT2D eigenvalue weighted by Gasteiger charge is 2.19. The number of hydrogen-bond acceptors (Lipinski definition) is 3. The Bertz CT molecular complexity index is 249. The fraction of sp³-hybridized carbons (Fsp3) is 0.143. The Morgan fingerprint density at radius 3 is 3.00 bits per heavy atom. The monoisotopic (exact) mass is 137 g/mol. The van der Waals surface area contributed by atoms with Gasteiger partial charge in [0.15, 0.2) is 0 Å². The van der Waals surface area contributed by atoms with E-state index < -0.39 is 6.29 Å². The van der Waals surface area contributed by atoms with Crippen molar-refractivity contribution in [3.63, 3.8) is 0 Å². The molecule has 10 heavy (non-hydrogen) atoms. The number of para-hydroxylation sites is 1. The Labute approximate surface area is 58.2 Å². The molecule has 3 heteroatoms. The third-order valence-electron chi connectivity index (χ3n) is 1.51. The van der Waals surface area contributed by atoms with Crippen molar-refractivity contribution in [2.75, 3.05) is 5.48 Å². The smallest absolute Gasteiger partial charge is 0.209 e. The Morgan fingerprint density at radius 1 is 1.40 bits per heavy atom. The van der Waals surface area contributed by atoms with Gasteiger partial charge in [-0.05, 0) is 6.07 Å². The molecule has 2 rings (SSSR count). The number of benzene rings is 1. The fourth-order valence-corrected chi connectivity index (χ4v) is 0.988. The summed E-state index contributed by atoms with van der Waals surface area (Å²) in [5.74, 6) is 0. The molecule has 0 amide bonds. The van der Waals surface area contributed by atoms with Crippen molar-refractivity contribution in [2.24, 2.45) is 0 Å². The van der Waals surface area contributed by atoms with Crippen molar-refractivity contribution in [1.29, 1.82) is 0 Å². The van der Waals surface area contributed by atoms with Crippen molar-refractivity contribution in [3.05, 3.63) is 29.8 Å². The van der Waals surface area contributed by atoms with Crippen molar-refractivity contribution < 1.29 is 9.94 Å². The maximum atomic E-state index is 9.10. The van der Waals surface area contributed by atoms with Gasteiger partial charge in [0.05, 0.1) is 5.69 Å². The first kappa shape index (κ1) is 5.70. The molecule has 52 valence electrons. The Hall–Kier alpha value is -1.06. The summed E-state index contributed by atoms with van der Waals surface area (Å²) in [6.07, 6.45) is -0.809. The largest absolute Gasteiger partial charge is 0.362 e. The number of anilines is 1. The standard InChI is InChI=1S/C7H7NO2/c9-7-5-3-1-2-4-6(5)8-10-7/h1-4,7-9H. The molecule has 0 saturated carbocycles. The molecule has 1 aromatic rings. The molecule has 1 aliphatic rings. The van der Waals surface area contributed by atoms with Crippen LogP contribution < -0.4 is 5.48 Å². The molecule has 1 aliphatic heterocycles. The summed E-state index contributed by atoms with van der Waals surface area (Å²) in [5.41, 5.74) is 4.24. The highest BCUT2D eigenvalue weighted by atomic mass is 16.7. The molecule has 1 aromatic carbocycles. The Morgan fingerprint density at radius 2 is 2.20 bits per heavy atom. The van der Waals surface area contributed by atoms with Crippen LogP contribution in [0.5, 0.6) is 0 Å². The van der Waals surface area contributed by atoms with Crippen LogP contribution in [-0.4, -0.2) is 5.11 Å². The number of hydrogen-bond donors (Lipinski definition) is 2. The Kier molecular flexibility index (Phi) is 1.12. The molecule has 2 N–H and O–H groups in total. The van der Waals surface area contributed by atoms with E-state index in [1.165, 1.54) is 0 Å². The molecule has 0 saturated heterocycles. The third-order valence-corrected chi connectivity index (χ3v) is 1.51. The van der Waals surface area contributed by atoms with Gasteiger partial charge < -0.3 is 5.11 Å². The number of aliphatic hydroxyl groups is 1. The molecule has 0 aliphatic carbocycles. The molecule has 0 radical (unpaired) electrons. The van der Waals surface area contributed by atoms with Gasteiger partial charge in [0.1, 0.15) is 0 Å². The topological polar surface area (TPSA) is 41.5 Å². The predicted molar refractivity (Wildman–Crippen MR) is 36.1 cm³/mol. The van der Waals surface area contributed by atoms with Crippen LogP contribution in [-0.2, 0) is 4.84 Å². The van der Waals surface area contributed by atoms with Gasteiger partial charge in [0.2, 0.25) is 6.29 Å². The number of fused-ring (bicyclic) bond motifs is 1. The Balaban J connectivity index is 2.51. The van der Waals surface area contributed by atoms with E-state index in [2.05, 4.69) is 5.48 Å². The van der Waals surface area contributed by atoms with Crippen LogP contribution in [0.15, 0.2) is 24.3 Å². The van der Waals surface area contributed by atoms with Crippen LogP contribution >= 0.6 is 0 Å². The normalized spacial score (nSPS) is 21.9. The summed E-state index contributed by atoms with van der Waals surface area (Å²) in [6, 6.07) is 7.41. The molecular formula is C7H7NO2. The third kappa shape index (κ3) is 0.683. The van der Waals surface area contributed by atoms with E-state index in [9.17, 15) is 0 Å². The zero-order valence-electron chi connectivity index (χ0n) is 5.24. The average molecular weight is 137 g/mol. The summed E-state index contributed by atoms with van der Waals surface area (Å²) in [6.45, 7) is 0. The highest BCUT2D eigenvalue weighted by Crippen LogP contribution is 2.29. The molecule has 0 aromatic heterocycles. The van der Waals surface area contributed by atoms with E-state index in [0.717, 1.165) is 11.3 Å². The van der Waals surface area contributed by atoms with Crippen LogP contribution in [0, 0.1) is 0 Å². The van der Waals surface area contributed by atoms with Gasteiger partial charge in [-0.15, -0.1) is 0 Å². The molecule has 0 spiro atoms. The lowest BCUT2D eigenvalue weighted by Gasteiger charge is -1.96. The lowest BCUT2D eigenvalue weighted by molar-refractivity contribution is -0.0632. The molecule has 1 atom stereocenters. The van der Waals surface area contributed by atoms with Gasteiger partial charge in [-0.2, -0.15) is 0 Å². The lowest BCUT2D eigenvalue weighted by Crippen LogP contribution is -1.94. The van der Waals surface area contributed by atoms with E-state index in [1.807, 2.05) is 24.3 Å². The van der Waals surface area contributed by atoms with Crippen LogP contribution in [0.25, 0.3) is 0 Å². The zero-order valence-corrected chi connectivity index (χ0v) is 5.24. The first-order valence-electron chi connectivity index (χ1n) is 3.06. The average Bonchev–Trinajstić information content (AvgIpc) is 2.34. The van der Waals surface area contributed by atoms with Gasteiger partial charge in [0, 0.05) is 5.56 Å². The first-order valence-corrected chi connectivity index (χ1v) is 3.06. The van der Waals surface area contributed by atoms with Crippen LogP contribution in [0.2, 0.25) is 0 Å². The van der Waals surface area contributed by atoms with E-state index in [1.54, 1.807) is 0 Å². The summed E-state index contributed by atoms with van der Waals surface area (Å²) in [7, 11) is 0. The molecule has 3 nitrogen and oxygen atoms in total. The molecule has 0 fully saturated rings. The molecular weight excluding hydrogens is 130 g/mol. The van der Waals surface area contributed by atoms with Gasteiger partial charge in [-0.25, -0.2) is 4.84 Å². The van der Waals surface area contributed by atoms with Crippen molar-refractivity contribution in [1.82, 2.24) is 0 Å². The summed E-state index contributed by atoms with van der Waals surface area (Å²) < 4.78 is 0. The predicted octanol–water partition coefficient (Wildman–Crippen LogP) is 1.03. The van der Waals surface area contributed by atoms with Crippen molar-refractivity contribution in [2.45, 2.75) is 6.29 Å². The van der Waals surface area contributed by atoms with Crippen molar-refractivity contribution >= 4 is 5.69 Å². The number of nitrogens with one attached hydrogen (secondary N) is 1. The van der Waals surface area contributed by atoms with Gasteiger partial charge in [-0.1, -0.05) is 18.2 Å². The van der Waals surface area contributed by atoms with Gasteiger partial charge >= 0.3 is 0 Å². The second kappa shape index (κ2) is 1.97. The summed E-state index contributed by atoms with van der Waals surface area (Å²) in [5, 5.41) is 9.10. The van der Waals surface area contributed by atoms with E-state index in [0.29, 0.717) is 0 Å². The zero-order chi connectivity index (χ0) is 6.97. The lowest BCUT2D eigenvalue weighted by atomic mass is 10.2. The maximum absolute atomic E-state index is 9.10. The summed E-state index contributed by atoms with van der Waals surface area (Å²) >= 11 is 0. The van der Waals surface area contributed by atoms with Crippen molar-refractivity contribution in [3.8, 4) is 0 Å². The van der Waals surface area contributed by atoms with Gasteiger partial charge in [-0.3, -0.25) is 5.48 Å². The van der Waals surface area contributed by atoms with E-state index in [4.69, 9.17) is 9.94 Å². The minimum atomic E-state index is -0.809. The van der Waals surface area contributed by atoms with Gasteiger partial charge in [0.25, 0.3) is 0 Å². The van der Waals surface area contributed by atoms with Crippen LogP contribution in [0.3, 0.4) is 0 Å². The minimum Gasteiger partial charge on any atom is -0.362 e. The number of aliphatic hydroxyl groups excluding tert-OH is 1. The molecule has 1 heterocycles. The minimum absolute atomic E-state index is 0.794. The first-order chi connectivity index (χ1) is 4.88. The fourth-order valence-electron chi connectivity index (χ4n) is 0.988. The van der Waals surface area contributed by atoms with E-state index in [-0.39, 0.29) is 0 Å². The quantitative estimate of drug-likeness (QED) is 0.561. The highest BCUT2D eigenvalue weighted by molar-refractivity contribution is 5.52. The molecule has 0 bridgehead atoms. The summed E-state index contributed by atoms with van der Waals surface area (Å²) in [4.78, 5) is 4.73. The second-order valence-corrected chi connectivity index (χ2v) is 2.16.